The topological polar surface area (TPSA) is 92.8 Å². The summed E-state index contributed by atoms with van der Waals surface area (Å²) in [6.45, 7) is 18.5. The molecule has 0 saturated carbocycles. The summed E-state index contributed by atoms with van der Waals surface area (Å²) in [5.41, 5.74) is 7.73. The molecule has 0 fully saturated rings. The Labute approximate surface area is 231 Å². The van der Waals surface area contributed by atoms with Crippen molar-refractivity contribution in [3.8, 4) is 5.75 Å². The van der Waals surface area contributed by atoms with Gasteiger partial charge < -0.3 is 20.7 Å². The monoisotopic (exact) mass is 525 g/mol. The number of allylic oxidation sites excluding steroid dienone is 4. The highest BCUT2D eigenvalue weighted by Crippen LogP contribution is 2.33. The molecule has 4 N–H and O–H groups in total. The number of hydrogen-bond acceptors (Lipinski definition) is 4. The van der Waals surface area contributed by atoms with Crippen molar-refractivity contribution < 1.29 is 19.7 Å². The van der Waals surface area contributed by atoms with Gasteiger partial charge in [0.25, 0.3) is 0 Å². The molecular formula is C33H51NO4. The van der Waals surface area contributed by atoms with Gasteiger partial charge in [-0.3, -0.25) is 0 Å². The average Bonchev–Trinajstić information content (AvgIpc) is 2.86. The molecular weight excluding hydrogens is 474 g/mol. The van der Waals surface area contributed by atoms with E-state index in [4.69, 9.17) is 10.5 Å². The second-order valence-electron chi connectivity index (χ2n) is 11.1. The van der Waals surface area contributed by atoms with Gasteiger partial charge in [-0.1, -0.05) is 102 Å². The fraction of sp³-hybridized carbons (Fsp3) is 0.545. The Morgan fingerprint density at radius 1 is 1.05 bits per heavy atom. The Morgan fingerprint density at radius 2 is 1.74 bits per heavy atom. The number of aryl methyl sites for hydroxylation is 1. The van der Waals surface area contributed by atoms with Gasteiger partial charge in [0.15, 0.2) is 0 Å². The molecule has 8 atom stereocenters. The molecule has 1 amide bonds. The van der Waals surface area contributed by atoms with Crippen LogP contribution in [0, 0.1) is 35.5 Å². The molecule has 1 rings (SSSR count). The maximum atomic E-state index is 11.6. The lowest BCUT2D eigenvalue weighted by Crippen LogP contribution is -2.37. The molecule has 0 unspecified atom stereocenters. The van der Waals surface area contributed by atoms with Crippen LogP contribution in [0.5, 0.6) is 5.75 Å². The molecule has 0 aromatic heterocycles. The number of aliphatic hydroxyl groups is 1. The van der Waals surface area contributed by atoms with Crippen molar-refractivity contribution in [2.75, 3.05) is 0 Å². The number of carbonyl (C=O) groups excluding carboxylic acids is 1. The van der Waals surface area contributed by atoms with Crippen LogP contribution in [0.1, 0.15) is 66.9 Å². The van der Waals surface area contributed by atoms with E-state index in [0.29, 0.717) is 11.7 Å². The summed E-state index contributed by atoms with van der Waals surface area (Å²) < 4.78 is 5.53. The summed E-state index contributed by atoms with van der Waals surface area (Å²) in [6.07, 6.45) is 13.0. The van der Waals surface area contributed by atoms with E-state index in [-0.39, 0.29) is 35.7 Å². The molecule has 0 radical (unpaired) electrons. The number of aliphatic hydroxyl groups excluding tert-OH is 1. The van der Waals surface area contributed by atoms with Gasteiger partial charge in [-0.05, 0) is 61.6 Å². The third-order valence-electron chi connectivity index (χ3n) is 7.78. The van der Waals surface area contributed by atoms with Gasteiger partial charge in [-0.2, -0.15) is 0 Å². The minimum Gasteiger partial charge on any atom is -0.508 e. The number of primary amides is 1. The first-order chi connectivity index (χ1) is 17.9. The molecule has 212 valence electrons. The molecule has 5 nitrogen and oxygen atoms in total. The molecule has 0 bridgehead atoms. The van der Waals surface area contributed by atoms with E-state index in [9.17, 15) is 15.0 Å². The standard InChI is InChI=1S/C33H51NO4/c1-9-10-14-24(4)32(38-33(34)37)28(8)27(7)25(5)19-22(2)20-26(6)31(36)23(3)15-11-12-16-29-17-13-18-30(35)21-29/h9-11,13-15,17-18,20-21,23-28,31-32,35-36H,1,12,16,19H2,2-8H3,(H2,34,37)/b14-10-,15-11+,22-20-/t23-,24-,25-,26-,27-,28-,31-,32-/m0/s1. The molecule has 1 aromatic rings. The number of hydrogen-bond donors (Lipinski definition) is 3. The first-order valence-corrected chi connectivity index (χ1v) is 13.9. The van der Waals surface area contributed by atoms with Crippen LogP contribution in [-0.4, -0.2) is 28.5 Å². The van der Waals surface area contributed by atoms with E-state index in [1.54, 1.807) is 18.2 Å². The lowest BCUT2D eigenvalue weighted by atomic mass is 9.76. The number of nitrogens with two attached hydrogens (primary N) is 1. The van der Waals surface area contributed by atoms with E-state index in [2.05, 4.69) is 59.4 Å². The summed E-state index contributed by atoms with van der Waals surface area (Å²) in [7, 11) is 0. The molecule has 0 spiro atoms. The number of phenols is 1. The number of phenolic OH excluding ortho intramolecular Hbond substituents is 1. The maximum Gasteiger partial charge on any atom is 0.404 e. The van der Waals surface area contributed by atoms with Gasteiger partial charge in [-0.25, -0.2) is 4.79 Å². The summed E-state index contributed by atoms with van der Waals surface area (Å²) in [5.74, 6) is 1.13. The third-order valence-corrected chi connectivity index (χ3v) is 7.78. The van der Waals surface area contributed by atoms with Crippen molar-refractivity contribution in [3.05, 3.63) is 78.4 Å². The van der Waals surface area contributed by atoms with Gasteiger partial charge in [0, 0.05) is 17.8 Å². The van der Waals surface area contributed by atoms with Gasteiger partial charge in [0.2, 0.25) is 0 Å². The van der Waals surface area contributed by atoms with E-state index in [0.717, 1.165) is 24.8 Å². The number of benzene rings is 1. The van der Waals surface area contributed by atoms with Crippen LogP contribution < -0.4 is 5.73 Å². The summed E-state index contributed by atoms with van der Waals surface area (Å²) in [5, 5.41) is 20.5. The van der Waals surface area contributed by atoms with E-state index in [1.807, 2.05) is 38.1 Å². The lowest BCUT2D eigenvalue weighted by molar-refractivity contribution is 0.0233. The first-order valence-electron chi connectivity index (χ1n) is 13.9. The zero-order valence-electron chi connectivity index (χ0n) is 24.5. The number of aromatic hydroxyl groups is 1. The Hall–Kier alpha value is -2.79. The quantitative estimate of drug-likeness (QED) is 0.153. The highest BCUT2D eigenvalue weighted by Gasteiger charge is 2.32. The number of amides is 1. The highest BCUT2D eigenvalue weighted by atomic mass is 16.6. The number of rotatable bonds is 16. The number of ether oxygens (including phenoxy) is 1. The Kier molecular flexibility index (Phi) is 14.8. The van der Waals surface area contributed by atoms with Crippen LogP contribution >= 0.6 is 0 Å². The third kappa shape index (κ3) is 11.7. The van der Waals surface area contributed by atoms with Crippen LogP contribution in [0.4, 0.5) is 4.79 Å². The van der Waals surface area contributed by atoms with E-state index >= 15 is 0 Å². The zero-order chi connectivity index (χ0) is 28.8. The summed E-state index contributed by atoms with van der Waals surface area (Å²) in [6, 6.07) is 7.33. The summed E-state index contributed by atoms with van der Waals surface area (Å²) in [4.78, 5) is 11.6. The van der Waals surface area contributed by atoms with Crippen LogP contribution in [0.15, 0.2) is 72.9 Å². The Bertz CT molecular complexity index is 950. The molecule has 0 aliphatic rings. The molecule has 1 aromatic carbocycles. The van der Waals surface area contributed by atoms with Crippen LogP contribution in [0.3, 0.4) is 0 Å². The predicted molar refractivity (Wildman–Crippen MR) is 159 cm³/mol. The van der Waals surface area contributed by atoms with E-state index in [1.165, 1.54) is 5.57 Å². The largest absolute Gasteiger partial charge is 0.508 e. The molecule has 0 aliphatic carbocycles. The van der Waals surface area contributed by atoms with Crippen molar-refractivity contribution in [2.45, 2.75) is 79.9 Å². The summed E-state index contributed by atoms with van der Waals surface area (Å²) >= 11 is 0. The molecule has 0 saturated heterocycles. The van der Waals surface area contributed by atoms with Crippen molar-refractivity contribution >= 4 is 6.09 Å². The first kappa shape index (κ1) is 33.2. The van der Waals surface area contributed by atoms with Crippen molar-refractivity contribution in [3.63, 3.8) is 0 Å². The second kappa shape index (κ2) is 16.9. The van der Waals surface area contributed by atoms with Crippen LogP contribution in [-0.2, 0) is 11.2 Å². The normalized spacial score (nSPS) is 18.9. The fourth-order valence-electron chi connectivity index (χ4n) is 5.18. The Balaban J connectivity index is 2.70. The minimum absolute atomic E-state index is 0.0198. The van der Waals surface area contributed by atoms with E-state index < -0.39 is 12.2 Å². The SMILES string of the molecule is C=C/C=C\[C@H](C)[C@H](OC(N)=O)[C@@H](C)[C@@H](C)[C@@H](C)C/C(C)=C\[C@H](C)[C@@H](O)[C@@H](C)/C=C/CCc1cccc(O)c1. The van der Waals surface area contributed by atoms with Crippen LogP contribution in [0.2, 0.25) is 0 Å². The highest BCUT2D eigenvalue weighted by molar-refractivity contribution is 5.64. The lowest BCUT2D eigenvalue weighted by Gasteiger charge is -2.34. The molecule has 0 heterocycles. The van der Waals surface area contributed by atoms with Gasteiger partial charge in [0.1, 0.15) is 11.9 Å². The maximum absolute atomic E-state index is 11.6. The van der Waals surface area contributed by atoms with Gasteiger partial charge in [-0.15, -0.1) is 0 Å². The molecule has 5 heteroatoms. The average molecular weight is 526 g/mol. The van der Waals surface area contributed by atoms with Crippen LogP contribution in [0.25, 0.3) is 0 Å². The van der Waals surface area contributed by atoms with Crippen molar-refractivity contribution in [1.29, 1.82) is 0 Å². The minimum atomic E-state index is -0.748. The molecule has 0 aliphatic heterocycles. The Morgan fingerprint density at radius 3 is 2.34 bits per heavy atom. The van der Waals surface area contributed by atoms with Crippen molar-refractivity contribution in [1.82, 2.24) is 0 Å². The number of carbonyl (C=O) groups is 1. The predicted octanol–water partition coefficient (Wildman–Crippen LogP) is 7.60. The van der Waals surface area contributed by atoms with Crippen molar-refractivity contribution in [2.24, 2.45) is 41.2 Å². The smallest absolute Gasteiger partial charge is 0.404 e. The zero-order valence-corrected chi connectivity index (χ0v) is 24.5. The molecule has 38 heavy (non-hydrogen) atoms. The second-order valence-corrected chi connectivity index (χ2v) is 11.1. The van der Waals surface area contributed by atoms with Gasteiger partial charge in [0.05, 0.1) is 6.10 Å². The van der Waals surface area contributed by atoms with Gasteiger partial charge >= 0.3 is 6.09 Å². The fourth-order valence-corrected chi connectivity index (χ4v) is 5.18.